The quantitative estimate of drug-likeness (QED) is 0.247. The summed E-state index contributed by atoms with van der Waals surface area (Å²) in [6, 6.07) is 12.1. The van der Waals surface area contributed by atoms with E-state index in [0.717, 1.165) is 22.4 Å². The Hall–Kier alpha value is -4.64. The van der Waals surface area contributed by atoms with Crippen LogP contribution in [0.15, 0.2) is 57.5 Å². The Bertz CT molecular complexity index is 1810. The first-order valence-electron chi connectivity index (χ1n) is 15.5. The molecule has 4 N–H and O–H groups in total. The van der Waals surface area contributed by atoms with Crippen LogP contribution >= 0.6 is 0 Å². The molecule has 4 atom stereocenters. The standard InChI is InChI=1S/C34H37N5O6/c1-6-33(42,7-2)31(41)36-23-15-19-12-13-24-21(14-19)34(20-10-8-9-11-22(20)37-32(34)44-24)27-26(29-35-16-18(5)43-29)39-30(45-27)25(17(3)4)38-28(23)40/h8-14,16-17,23,25,32,37,42H,6-7,15H2,1-5H3,(H,36,41)(H,38,40)/t23-,25-,32?,34?/m0/s1. The molecule has 3 aliphatic rings. The molecule has 0 saturated carbocycles. The molecule has 7 rings (SSSR count). The molecule has 4 bridgehead atoms. The van der Waals surface area contributed by atoms with E-state index in [2.05, 4.69) is 20.9 Å². The highest BCUT2D eigenvalue weighted by Gasteiger charge is 2.61. The molecule has 2 unspecified atom stereocenters. The Morgan fingerprint density at radius 1 is 1.13 bits per heavy atom. The maximum Gasteiger partial charge on any atom is 0.252 e. The van der Waals surface area contributed by atoms with Crippen molar-refractivity contribution in [3.8, 4) is 17.3 Å². The normalized spacial score (nSPS) is 23.3. The lowest BCUT2D eigenvalue weighted by molar-refractivity contribution is -0.143. The SMILES string of the molecule is CCC(O)(CC)C(=O)N[C@H]1Cc2ccc3c(c2)C2(c4ccccc4NC2O3)c2oc(nc2-c2ncc(C)o2)[C@H](C(C)C)NC1=O. The maximum absolute atomic E-state index is 14.0. The molecule has 234 valence electrons. The zero-order valence-corrected chi connectivity index (χ0v) is 25.9. The van der Waals surface area contributed by atoms with Crippen molar-refractivity contribution < 1.29 is 28.3 Å². The zero-order chi connectivity index (χ0) is 31.7. The number of ether oxygens (including phenoxy) is 1. The molecule has 11 nitrogen and oxygen atoms in total. The van der Waals surface area contributed by atoms with E-state index < -0.39 is 41.1 Å². The molecule has 0 radical (unpaired) electrons. The van der Waals surface area contributed by atoms with Gasteiger partial charge in [0.2, 0.25) is 17.7 Å². The van der Waals surface area contributed by atoms with Crippen molar-refractivity contribution in [2.45, 2.75) is 83.2 Å². The van der Waals surface area contributed by atoms with Gasteiger partial charge in [-0.3, -0.25) is 9.59 Å². The van der Waals surface area contributed by atoms with Crippen LogP contribution in [0.1, 0.15) is 80.7 Å². The smallest absolute Gasteiger partial charge is 0.252 e. The van der Waals surface area contributed by atoms with Gasteiger partial charge in [-0.25, -0.2) is 9.97 Å². The predicted octanol–water partition coefficient (Wildman–Crippen LogP) is 4.52. The van der Waals surface area contributed by atoms with Gasteiger partial charge in [0.15, 0.2) is 17.7 Å². The number of oxazole rings is 2. The van der Waals surface area contributed by atoms with Crippen LogP contribution in [0, 0.1) is 12.8 Å². The summed E-state index contributed by atoms with van der Waals surface area (Å²) in [7, 11) is 0. The third-order valence-electron chi connectivity index (χ3n) is 9.46. The molecule has 0 saturated heterocycles. The number of hydrogen-bond donors (Lipinski definition) is 4. The minimum atomic E-state index is -1.59. The van der Waals surface area contributed by atoms with Crippen LogP contribution in [0.3, 0.4) is 0 Å². The van der Waals surface area contributed by atoms with Crippen molar-refractivity contribution in [2.24, 2.45) is 5.92 Å². The van der Waals surface area contributed by atoms with Gasteiger partial charge in [-0.1, -0.05) is 58.0 Å². The highest BCUT2D eigenvalue weighted by Crippen LogP contribution is 2.59. The average molecular weight is 612 g/mol. The molecular formula is C34H37N5O6. The molecule has 4 aromatic rings. The van der Waals surface area contributed by atoms with Crippen LogP contribution in [0.4, 0.5) is 5.69 Å². The number of benzene rings is 2. The van der Waals surface area contributed by atoms with Gasteiger partial charge in [-0.15, -0.1) is 0 Å². The van der Waals surface area contributed by atoms with E-state index in [0.29, 0.717) is 28.9 Å². The lowest BCUT2D eigenvalue weighted by Crippen LogP contribution is -2.55. The van der Waals surface area contributed by atoms with Crippen molar-refractivity contribution in [1.29, 1.82) is 0 Å². The summed E-state index contributed by atoms with van der Waals surface area (Å²) in [4.78, 5) is 36.8. The Morgan fingerprint density at radius 2 is 1.91 bits per heavy atom. The number of nitrogens with zero attached hydrogens (tertiary/aromatic N) is 2. The van der Waals surface area contributed by atoms with Crippen molar-refractivity contribution in [3.63, 3.8) is 0 Å². The lowest BCUT2D eigenvalue weighted by atomic mass is 9.72. The number of hydrogen-bond acceptors (Lipinski definition) is 9. The number of aryl methyl sites for hydroxylation is 1. The Kier molecular flexibility index (Phi) is 6.77. The second-order valence-electron chi connectivity index (χ2n) is 12.5. The second kappa shape index (κ2) is 10.5. The molecule has 0 aliphatic carbocycles. The van der Waals surface area contributed by atoms with Gasteiger partial charge in [-0.2, -0.15) is 0 Å². The summed E-state index contributed by atoms with van der Waals surface area (Å²) >= 11 is 0. The Balaban J connectivity index is 1.47. The van der Waals surface area contributed by atoms with Crippen molar-refractivity contribution in [3.05, 3.63) is 82.8 Å². The summed E-state index contributed by atoms with van der Waals surface area (Å²) in [5.74, 6) is 1.22. The number of carbonyl (C=O) groups excluding carboxylic acids is 2. The van der Waals surface area contributed by atoms with E-state index in [1.165, 1.54) is 0 Å². The van der Waals surface area contributed by atoms with Crippen LogP contribution in [0.5, 0.6) is 5.75 Å². The zero-order valence-electron chi connectivity index (χ0n) is 25.9. The first kappa shape index (κ1) is 29.1. The molecule has 2 aromatic carbocycles. The molecule has 11 heteroatoms. The van der Waals surface area contributed by atoms with E-state index in [4.69, 9.17) is 18.6 Å². The van der Waals surface area contributed by atoms with Gasteiger partial charge in [0.25, 0.3) is 5.91 Å². The van der Waals surface area contributed by atoms with Crippen molar-refractivity contribution >= 4 is 17.5 Å². The minimum Gasteiger partial charge on any atom is -0.469 e. The largest absolute Gasteiger partial charge is 0.469 e. The third kappa shape index (κ3) is 4.35. The molecule has 3 aliphatic heterocycles. The van der Waals surface area contributed by atoms with E-state index in [-0.39, 0.29) is 31.1 Å². The molecule has 1 spiro atoms. The number of anilines is 1. The van der Waals surface area contributed by atoms with Crippen LogP contribution < -0.4 is 20.7 Å². The first-order valence-corrected chi connectivity index (χ1v) is 15.5. The summed E-state index contributed by atoms with van der Waals surface area (Å²) < 4.78 is 19.4. The fraction of sp³-hybridized carbons (Fsp3) is 0.412. The summed E-state index contributed by atoms with van der Waals surface area (Å²) in [5.41, 5.74) is 1.33. The molecule has 45 heavy (non-hydrogen) atoms. The van der Waals surface area contributed by atoms with Crippen molar-refractivity contribution in [1.82, 2.24) is 20.6 Å². The van der Waals surface area contributed by atoms with E-state index in [9.17, 15) is 14.7 Å². The van der Waals surface area contributed by atoms with Gasteiger partial charge >= 0.3 is 0 Å². The van der Waals surface area contributed by atoms with Crippen LogP contribution in [-0.4, -0.2) is 44.8 Å². The van der Waals surface area contributed by atoms with E-state index in [1.807, 2.05) is 63.2 Å². The van der Waals surface area contributed by atoms with Crippen LogP contribution in [0.25, 0.3) is 11.6 Å². The minimum absolute atomic E-state index is 0.141. The number of para-hydroxylation sites is 1. The molecule has 0 fully saturated rings. The van der Waals surface area contributed by atoms with Crippen molar-refractivity contribution in [2.75, 3.05) is 5.32 Å². The highest BCUT2D eigenvalue weighted by molar-refractivity contribution is 5.91. The van der Waals surface area contributed by atoms with Gasteiger partial charge in [0.05, 0.1) is 6.20 Å². The topological polar surface area (TPSA) is 152 Å². The van der Waals surface area contributed by atoms with Gasteiger partial charge < -0.3 is 34.6 Å². The molecule has 2 amide bonds. The number of aromatic nitrogens is 2. The number of rotatable bonds is 6. The summed E-state index contributed by atoms with van der Waals surface area (Å²) in [6.45, 7) is 9.23. The average Bonchev–Trinajstić information content (AvgIpc) is 3.79. The number of carbonyl (C=O) groups is 2. The monoisotopic (exact) mass is 611 g/mol. The number of aliphatic hydroxyl groups is 1. The third-order valence-corrected chi connectivity index (χ3v) is 9.46. The van der Waals surface area contributed by atoms with E-state index >= 15 is 0 Å². The van der Waals surface area contributed by atoms with E-state index in [1.54, 1.807) is 20.0 Å². The van der Waals surface area contributed by atoms with Gasteiger partial charge in [0, 0.05) is 17.7 Å². The van der Waals surface area contributed by atoms with Crippen LogP contribution in [0.2, 0.25) is 0 Å². The molecule has 2 aromatic heterocycles. The van der Waals surface area contributed by atoms with Gasteiger partial charge in [0.1, 0.15) is 34.6 Å². The highest BCUT2D eigenvalue weighted by atomic mass is 16.5. The van der Waals surface area contributed by atoms with Gasteiger partial charge in [-0.05, 0) is 48.9 Å². The lowest BCUT2D eigenvalue weighted by Gasteiger charge is -2.30. The Labute approximate surface area is 260 Å². The van der Waals surface area contributed by atoms with Crippen LogP contribution in [-0.2, 0) is 21.4 Å². The Morgan fingerprint density at radius 3 is 2.62 bits per heavy atom. The predicted molar refractivity (Wildman–Crippen MR) is 164 cm³/mol. The maximum atomic E-state index is 14.0. The first-order chi connectivity index (χ1) is 21.6. The fourth-order valence-corrected chi connectivity index (χ4v) is 6.78. The number of amides is 2. The molecule has 5 heterocycles. The molecular weight excluding hydrogens is 574 g/mol. The second-order valence-corrected chi connectivity index (χ2v) is 12.5. The summed E-state index contributed by atoms with van der Waals surface area (Å²) in [6.07, 6.45) is 1.69. The fourth-order valence-electron chi connectivity index (χ4n) is 6.78. The number of fused-ring (bicyclic) bond motifs is 4. The summed E-state index contributed by atoms with van der Waals surface area (Å²) in [5, 5.41) is 20.5. The number of nitrogens with one attached hydrogen (secondary N) is 3.